The first-order valence-corrected chi connectivity index (χ1v) is 10.6. The van der Waals surface area contributed by atoms with Gasteiger partial charge in [0.05, 0.1) is 27.7 Å². The Balaban J connectivity index is -0.00000155. The molecule has 0 aromatic carbocycles. The molecule has 0 saturated carbocycles. The molecule has 0 bridgehead atoms. The van der Waals surface area contributed by atoms with E-state index < -0.39 is 0 Å². The van der Waals surface area contributed by atoms with Crippen molar-refractivity contribution in [1.82, 2.24) is 0 Å². The van der Waals surface area contributed by atoms with Crippen molar-refractivity contribution in [3.63, 3.8) is 0 Å². The van der Waals surface area contributed by atoms with E-state index >= 15 is 0 Å². The van der Waals surface area contributed by atoms with Gasteiger partial charge in [0.25, 0.3) is 0 Å². The second kappa shape index (κ2) is 24.2. The van der Waals surface area contributed by atoms with E-state index in [1.807, 2.05) is 0 Å². The molecule has 0 unspecified atom stereocenters. The fourth-order valence-electron chi connectivity index (χ4n) is 3.13. The van der Waals surface area contributed by atoms with Gasteiger partial charge in [0.15, 0.2) is 0 Å². The predicted molar refractivity (Wildman–Crippen MR) is 107 cm³/mol. The summed E-state index contributed by atoms with van der Waals surface area (Å²) in [6, 6.07) is 0. The van der Waals surface area contributed by atoms with Crippen LogP contribution in [-0.4, -0.2) is 32.2 Å². The minimum atomic E-state index is 0. The molecular formula is C22H46AgN2. The fourth-order valence-corrected chi connectivity index (χ4v) is 3.13. The third kappa shape index (κ3) is 32.3. The van der Waals surface area contributed by atoms with Gasteiger partial charge in [-0.1, -0.05) is 96.8 Å². The van der Waals surface area contributed by atoms with Crippen molar-refractivity contribution in [2.24, 2.45) is 0 Å². The van der Waals surface area contributed by atoms with Gasteiger partial charge in [-0.15, -0.1) is 0 Å². The van der Waals surface area contributed by atoms with Gasteiger partial charge in [-0.3, -0.25) is 0 Å². The van der Waals surface area contributed by atoms with Crippen LogP contribution in [0, 0.1) is 11.8 Å². The van der Waals surface area contributed by atoms with E-state index in [0.29, 0.717) is 0 Å². The Bertz CT molecular complexity index is 246. The number of hydrogen-bond donors (Lipinski definition) is 0. The standard InChI is InChI=1S/C21H46N.CN.Ag/c1-5-6-7-8-9-10-11-12-13-14-15-16-17-18-19-20-21-22(2,3)4;1-2;/h5-21H2,1-4H3;;/q+1;-1;. The van der Waals surface area contributed by atoms with Crippen molar-refractivity contribution < 1.29 is 26.9 Å². The van der Waals surface area contributed by atoms with E-state index in [1.165, 1.54) is 109 Å². The first kappa shape index (κ1) is 29.9. The van der Waals surface area contributed by atoms with Gasteiger partial charge in [-0.05, 0) is 12.8 Å². The Morgan fingerprint density at radius 2 is 0.760 bits per heavy atom. The molecular weight excluding hydrogens is 400 g/mol. The molecule has 3 heteroatoms. The minimum Gasteiger partial charge on any atom is -0.512 e. The average Bonchev–Trinajstić information content (AvgIpc) is 2.55. The number of hydrogen-bond acceptors (Lipinski definition) is 1. The molecule has 0 N–H and O–H groups in total. The molecule has 0 aliphatic heterocycles. The van der Waals surface area contributed by atoms with Crippen LogP contribution in [0.25, 0.3) is 0 Å². The van der Waals surface area contributed by atoms with Crippen molar-refractivity contribution in [3.8, 4) is 0 Å². The molecule has 0 saturated heterocycles. The molecule has 0 aliphatic rings. The molecule has 0 spiro atoms. The maximum atomic E-state index is 6.25. The van der Waals surface area contributed by atoms with Crippen molar-refractivity contribution in [2.75, 3.05) is 27.7 Å². The van der Waals surface area contributed by atoms with Crippen LogP contribution < -0.4 is 0 Å². The zero-order valence-corrected chi connectivity index (χ0v) is 19.2. The summed E-state index contributed by atoms with van der Waals surface area (Å²) >= 11 is 0. The number of unbranched alkanes of at least 4 members (excludes halogenated alkanes) is 15. The van der Waals surface area contributed by atoms with E-state index in [2.05, 4.69) is 28.1 Å². The van der Waals surface area contributed by atoms with Gasteiger partial charge >= 0.3 is 0 Å². The van der Waals surface area contributed by atoms with Crippen LogP contribution in [0.1, 0.15) is 110 Å². The van der Waals surface area contributed by atoms with Crippen LogP contribution in [0.5, 0.6) is 0 Å². The molecule has 0 heterocycles. The Morgan fingerprint density at radius 3 is 1.00 bits per heavy atom. The first-order valence-electron chi connectivity index (χ1n) is 10.6. The van der Waals surface area contributed by atoms with Crippen molar-refractivity contribution >= 4 is 0 Å². The van der Waals surface area contributed by atoms with Crippen LogP contribution in [0.2, 0.25) is 0 Å². The first-order chi connectivity index (χ1) is 11.6. The number of rotatable bonds is 17. The second-order valence-corrected chi connectivity index (χ2v) is 8.32. The summed E-state index contributed by atoms with van der Waals surface area (Å²) in [4.78, 5) is 0. The molecule has 0 aliphatic carbocycles. The summed E-state index contributed by atoms with van der Waals surface area (Å²) in [6.45, 7) is 8.38. The Hall–Kier alpha value is 0.190. The molecule has 2 nitrogen and oxygen atoms in total. The van der Waals surface area contributed by atoms with Crippen molar-refractivity contribution in [3.05, 3.63) is 6.57 Å². The van der Waals surface area contributed by atoms with Crippen LogP contribution in [0.15, 0.2) is 0 Å². The normalized spacial score (nSPS) is 10.6. The van der Waals surface area contributed by atoms with Gasteiger partial charge in [-0.25, -0.2) is 0 Å². The smallest absolute Gasteiger partial charge is 0.0780 e. The molecule has 1 radical (unpaired) electrons. The Morgan fingerprint density at radius 1 is 0.520 bits per heavy atom. The van der Waals surface area contributed by atoms with Crippen LogP contribution in [-0.2, 0) is 22.4 Å². The summed E-state index contributed by atoms with van der Waals surface area (Å²) in [5.74, 6) is 0. The third-order valence-electron chi connectivity index (χ3n) is 4.68. The Kier molecular flexibility index (Phi) is 29.0. The summed E-state index contributed by atoms with van der Waals surface area (Å²) in [5, 5.41) is 6.25. The molecule has 0 fully saturated rings. The van der Waals surface area contributed by atoms with E-state index in [4.69, 9.17) is 11.8 Å². The average molecular weight is 446 g/mol. The van der Waals surface area contributed by atoms with Crippen LogP contribution in [0.3, 0.4) is 0 Å². The zero-order valence-electron chi connectivity index (χ0n) is 17.7. The summed E-state index contributed by atoms with van der Waals surface area (Å²) in [7, 11) is 6.89. The van der Waals surface area contributed by atoms with Crippen molar-refractivity contribution in [2.45, 2.75) is 110 Å². The molecule has 0 aromatic heterocycles. The molecule has 0 rings (SSSR count). The minimum absolute atomic E-state index is 0. The van der Waals surface area contributed by atoms with E-state index in [-0.39, 0.29) is 22.4 Å². The van der Waals surface area contributed by atoms with Gasteiger partial charge in [0.2, 0.25) is 0 Å². The van der Waals surface area contributed by atoms with Gasteiger partial charge in [0, 0.05) is 22.4 Å². The molecule has 0 aromatic rings. The quantitative estimate of drug-likeness (QED) is 0.102. The largest absolute Gasteiger partial charge is 0.512 e. The fraction of sp³-hybridized carbons (Fsp3) is 0.955. The van der Waals surface area contributed by atoms with Crippen LogP contribution >= 0.6 is 0 Å². The summed E-state index contributed by atoms with van der Waals surface area (Å²) in [5.41, 5.74) is 0. The second-order valence-electron chi connectivity index (χ2n) is 8.32. The number of nitrogens with zero attached hydrogens (tertiary/aromatic N) is 2. The van der Waals surface area contributed by atoms with E-state index in [0.717, 1.165) is 4.48 Å². The van der Waals surface area contributed by atoms with Gasteiger partial charge in [0.1, 0.15) is 0 Å². The molecule has 25 heavy (non-hydrogen) atoms. The SMILES string of the molecule is CCCCCCCCCCCCCCCCCC[N+](C)(C)C.[Ag].[C-]#N. The van der Waals surface area contributed by atoms with E-state index in [9.17, 15) is 0 Å². The third-order valence-corrected chi connectivity index (χ3v) is 4.68. The molecule has 0 amide bonds. The van der Waals surface area contributed by atoms with Crippen LogP contribution in [0.4, 0.5) is 0 Å². The zero-order chi connectivity index (χ0) is 18.5. The summed E-state index contributed by atoms with van der Waals surface area (Å²) < 4.78 is 1.12. The number of quaternary nitrogens is 1. The van der Waals surface area contributed by atoms with Gasteiger partial charge < -0.3 is 16.3 Å². The molecule has 0 atom stereocenters. The summed E-state index contributed by atoms with van der Waals surface area (Å²) in [6.07, 6.45) is 23.4. The molecule has 155 valence electrons. The monoisotopic (exact) mass is 445 g/mol. The maximum Gasteiger partial charge on any atom is 0.0780 e. The maximum absolute atomic E-state index is 6.25. The Labute approximate surface area is 175 Å². The predicted octanol–water partition coefficient (Wildman–Crippen LogP) is 7.05. The van der Waals surface area contributed by atoms with E-state index in [1.54, 1.807) is 0 Å². The van der Waals surface area contributed by atoms with Crippen molar-refractivity contribution in [1.29, 1.82) is 5.26 Å². The topological polar surface area (TPSA) is 23.8 Å². The van der Waals surface area contributed by atoms with Gasteiger partial charge in [-0.2, -0.15) is 0 Å².